The quantitative estimate of drug-likeness (QED) is 0.410. The van der Waals surface area contributed by atoms with Gasteiger partial charge in [0.05, 0.1) is 0 Å². The van der Waals surface area contributed by atoms with Crippen LogP contribution < -0.4 is 0 Å². The molecule has 0 saturated heterocycles. The van der Waals surface area contributed by atoms with Crippen molar-refractivity contribution in [3.63, 3.8) is 0 Å². The van der Waals surface area contributed by atoms with Gasteiger partial charge in [-0.1, -0.05) is 43.4 Å². The monoisotopic (exact) mass is 220 g/mol. The van der Waals surface area contributed by atoms with Crippen molar-refractivity contribution in [3.8, 4) is 0 Å². The van der Waals surface area contributed by atoms with Crippen molar-refractivity contribution in [2.45, 2.75) is 52.4 Å². The molecule has 0 aromatic carbocycles. The van der Waals surface area contributed by atoms with Crippen molar-refractivity contribution >= 4 is 5.78 Å². The van der Waals surface area contributed by atoms with Gasteiger partial charge < -0.3 is 4.79 Å². The summed E-state index contributed by atoms with van der Waals surface area (Å²) in [6.07, 6.45) is 18.9. The van der Waals surface area contributed by atoms with Gasteiger partial charge in [-0.05, 0) is 39.0 Å². The zero-order chi connectivity index (χ0) is 12.1. The predicted molar refractivity (Wildman–Crippen MR) is 71.5 cm³/mol. The fraction of sp³-hybridized carbons (Fsp3) is 0.533. The fourth-order valence-electron chi connectivity index (χ4n) is 1.30. The van der Waals surface area contributed by atoms with Crippen LogP contribution in [-0.2, 0) is 4.79 Å². The maximum absolute atomic E-state index is 10.7. The number of ketones is 1. The van der Waals surface area contributed by atoms with E-state index in [9.17, 15) is 4.79 Å². The van der Waals surface area contributed by atoms with E-state index in [-0.39, 0.29) is 5.78 Å². The Balaban J connectivity index is 3.33. The summed E-state index contributed by atoms with van der Waals surface area (Å²) in [5.74, 6) is 0.288. The molecular weight excluding hydrogens is 196 g/mol. The molecule has 1 nitrogen and oxygen atoms in total. The molecule has 16 heavy (non-hydrogen) atoms. The number of unbranched alkanes of at least 4 members (excludes halogenated alkanes) is 1. The van der Waals surface area contributed by atoms with Gasteiger partial charge in [0.15, 0.2) is 0 Å². The Morgan fingerprint density at radius 2 is 1.50 bits per heavy atom. The first-order valence-electron chi connectivity index (χ1n) is 6.21. The van der Waals surface area contributed by atoms with Gasteiger partial charge in [-0.25, -0.2) is 0 Å². The van der Waals surface area contributed by atoms with E-state index in [0.717, 1.165) is 32.1 Å². The van der Waals surface area contributed by atoms with Crippen LogP contribution >= 0.6 is 0 Å². The van der Waals surface area contributed by atoms with Crippen molar-refractivity contribution in [2.75, 3.05) is 0 Å². The van der Waals surface area contributed by atoms with Crippen LogP contribution in [0.1, 0.15) is 52.4 Å². The zero-order valence-corrected chi connectivity index (χ0v) is 10.6. The predicted octanol–water partition coefficient (Wildman–Crippen LogP) is 4.60. The van der Waals surface area contributed by atoms with Crippen LogP contribution in [0.15, 0.2) is 36.5 Å². The summed E-state index contributed by atoms with van der Waals surface area (Å²) in [5, 5.41) is 0. The van der Waals surface area contributed by atoms with Crippen molar-refractivity contribution < 1.29 is 4.79 Å². The molecule has 0 aliphatic rings. The minimum Gasteiger partial charge on any atom is -0.300 e. The lowest BCUT2D eigenvalue weighted by atomic mass is 10.2. The van der Waals surface area contributed by atoms with Crippen LogP contribution in [0.25, 0.3) is 0 Å². The van der Waals surface area contributed by atoms with E-state index in [2.05, 4.69) is 43.4 Å². The SMILES string of the molecule is CCC=CCC=CCC=CCCCC(C)=O. The Kier molecular flexibility index (Phi) is 11.1. The Labute approximate surface area is 99.9 Å². The first-order chi connectivity index (χ1) is 7.77. The van der Waals surface area contributed by atoms with Gasteiger partial charge in [-0.3, -0.25) is 0 Å². The highest BCUT2D eigenvalue weighted by Gasteiger charge is 1.89. The molecule has 0 bridgehead atoms. The molecule has 1 heteroatoms. The number of Topliss-reactive ketones (excluding diaryl/α,β-unsaturated/α-hetero) is 1. The summed E-state index contributed by atoms with van der Waals surface area (Å²) < 4.78 is 0. The first kappa shape index (κ1) is 14.9. The van der Waals surface area contributed by atoms with Gasteiger partial charge in [0.25, 0.3) is 0 Å². The van der Waals surface area contributed by atoms with Crippen LogP contribution in [0.3, 0.4) is 0 Å². The van der Waals surface area contributed by atoms with E-state index in [4.69, 9.17) is 0 Å². The molecule has 0 saturated carbocycles. The molecule has 0 amide bonds. The largest absolute Gasteiger partial charge is 0.300 e. The fourth-order valence-corrected chi connectivity index (χ4v) is 1.30. The molecule has 0 unspecified atom stereocenters. The van der Waals surface area contributed by atoms with Crippen molar-refractivity contribution in [1.82, 2.24) is 0 Å². The molecule has 0 radical (unpaired) electrons. The van der Waals surface area contributed by atoms with Gasteiger partial charge in [0.1, 0.15) is 5.78 Å². The standard InChI is InChI=1S/C15H24O/c1-3-4-5-6-7-8-9-10-11-12-13-14-15(2)16/h4-5,7-8,10-11H,3,6,9,12-14H2,1-2H3. The topological polar surface area (TPSA) is 17.1 Å². The van der Waals surface area contributed by atoms with E-state index in [1.54, 1.807) is 6.92 Å². The highest BCUT2D eigenvalue weighted by atomic mass is 16.1. The number of rotatable bonds is 9. The summed E-state index contributed by atoms with van der Waals surface area (Å²) in [5.41, 5.74) is 0. The number of hydrogen-bond donors (Lipinski definition) is 0. The molecule has 0 heterocycles. The molecule has 0 aromatic rings. The molecule has 0 rings (SSSR count). The first-order valence-corrected chi connectivity index (χ1v) is 6.21. The zero-order valence-electron chi connectivity index (χ0n) is 10.6. The summed E-state index contributed by atoms with van der Waals surface area (Å²) in [4.78, 5) is 10.7. The minimum atomic E-state index is 0.288. The third-order valence-electron chi connectivity index (χ3n) is 2.18. The third-order valence-corrected chi connectivity index (χ3v) is 2.18. The minimum absolute atomic E-state index is 0.288. The summed E-state index contributed by atoms with van der Waals surface area (Å²) in [6.45, 7) is 3.79. The van der Waals surface area contributed by atoms with Crippen molar-refractivity contribution in [1.29, 1.82) is 0 Å². The molecule has 0 fully saturated rings. The normalized spacial score (nSPS) is 12.1. The molecule has 90 valence electrons. The van der Waals surface area contributed by atoms with Crippen LogP contribution in [0.5, 0.6) is 0 Å². The smallest absolute Gasteiger partial charge is 0.129 e. The maximum Gasteiger partial charge on any atom is 0.129 e. The van der Waals surface area contributed by atoms with Gasteiger partial charge in [-0.15, -0.1) is 0 Å². The van der Waals surface area contributed by atoms with Crippen LogP contribution in [0, 0.1) is 0 Å². The highest BCUT2D eigenvalue weighted by molar-refractivity contribution is 5.75. The molecule has 0 spiro atoms. The van der Waals surface area contributed by atoms with Crippen molar-refractivity contribution in [2.24, 2.45) is 0 Å². The molecule has 0 aromatic heterocycles. The number of carbonyl (C=O) groups excluding carboxylic acids is 1. The Hall–Kier alpha value is -1.11. The highest BCUT2D eigenvalue weighted by Crippen LogP contribution is 1.99. The van der Waals surface area contributed by atoms with E-state index in [1.165, 1.54) is 0 Å². The van der Waals surface area contributed by atoms with Gasteiger partial charge >= 0.3 is 0 Å². The van der Waals surface area contributed by atoms with Gasteiger partial charge in [0.2, 0.25) is 0 Å². The Bertz CT molecular complexity index is 246. The van der Waals surface area contributed by atoms with Crippen LogP contribution in [0.4, 0.5) is 0 Å². The molecular formula is C15H24O. The molecule has 0 atom stereocenters. The lowest BCUT2D eigenvalue weighted by Crippen LogP contribution is -1.87. The average molecular weight is 220 g/mol. The number of hydrogen-bond acceptors (Lipinski definition) is 1. The summed E-state index contributed by atoms with van der Waals surface area (Å²) in [7, 11) is 0. The lowest BCUT2D eigenvalue weighted by molar-refractivity contribution is -0.117. The third kappa shape index (κ3) is 12.9. The molecule has 0 N–H and O–H groups in total. The van der Waals surface area contributed by atoms with Crippen molar-refractivity contribution in [3.05, 3.63) is 36.5 Å². The molecule has 0 aliphatic heterocycles. The Morgan fingerprint density at radius 3 is 2.06 bits per heavy atom. The second-order valence-electron chi connectivity index (χ2n) is 3.89. The van der Waals surface area contributed by atoms with E-state index >= 15 is 0 Å². The van der Waals surface area contributed by atoms with Crippen LogP contribution in [0.2, 0.25) is 0 Å². The number of allylic oxidation sites excluding steroid dienone is 6. The van der Waals surface area contributed by atoms with E-state index < -0.39 is 0 Å². The maximum atomic E-state index is 10.7. The molecule has 0 aliphatic carbocycles. The van der Waals surface area contributed by atoms with E-state index in [0.29, 0.717) is 6.42 Å². The lowest BCUT2D eigenvalue weighted by Gasteiger charge is -1.90. The van der Waals surface area contributed by atoms with E-state index in [1.807, 2.05) is 0 Å². The average Bonchev–Trinajstić information content (AvgIpc) is 2.25. The Morgan fingerprint density at radius 1 is 0.938 bits per heavy atom. The second-order valence-corrected chi connectivity index (χ2v) is 3.89. The van der Waals surface area contributed by atoms with Gasteiger partial charge in [-0.2, -0.15) is 0 Å². The number of carbonyl (C=O) groups is 1. The summed E-state index contributed by atoms with van der Waals surface area (Å²) >= 11 is 0. The van der Waals surface area contributed by atoms with Gasteiger partial charge in [0, 0.05) is 6.42 Å². The second kappa shape index (κ2) is 12.0. The summed E-state index contributed by atoms with van der Waals surface area (Å²) in [6, 6.07) is 0. The van der Waals surface area contributed by atoms with Crippen LogP contribution in [-0.4, -0.2) is 5.78 Å².